The Morgan fingerprint density at radius 1 is 1.27 bits per heavy atom. The topological polar surface area (TPSA) is 85.4 Å². The van der Waals surface area contributed by atoms with Gasteiger partial charge in [0.25, 0.3) is 0 Å². The van der Waals surface area contributed by atoms with Gasteiger partial charge in [0, 0.05) is 42.9 Å². The summed E-state index contributed by atoms with van der Waals surface area (Å²) < 4.78 is 13.0. The molecule has 4 heterocycles. The fourth-order valence-electron chi connectivity index (χ4n) is 4.56. The van der Waals surface area contributed by atoms with Gasteiger partial charge in [0.1, 0.15) is 5.76 Å². The first-order valence-corrected chi connectivity index (χ1v) is 11.1. The van der Waals surface area contributed by atoms with E-state index in [1.54, 1.807) is 0 Å². The van der Waals surface area contributed by atoms with E-state index in [-0.39, 0.29) is 5.91 Å². The first-order chi connectivity index (χ1) is 14.5. The Kier molecular flexibility index (Phi) is 6.53. The van der Waals surface area contributed by atoms with E-state index in [4.69, 9.17) is 14.4 Å². The largest absolute Gasteiger partial charge is 0.376 e. The molecule has 0 aliphatic carbocycles. The number of nitrogens with one attached hydrogen (secondary N) is 1. The second-order valence-electron chi connectivity index (χ2n) is 8.49. The summed E-state index contributed by atoms with van der Waals surface area (Å²) in [5.74, 6) is 1.30. The SMILES string of the molecule is CCn1nc(CN2CCC(CNC(=O)Cc3c(C)noc3C)CC2)c2c1CCOC2. The van der Waals surface area contributed by atoms with Crippen molar-refractivity contribution in [3.8, 4) is 0 Å². The minimum atomic E-state index is 0.0450. The van der Waals surface area contributed by atoms with Crippen LogP contribution in [0.1, 0.15) is 53.7 Å². The summed E-state index contributed by atoms with van der Waals surface area (Å²) in [6.07, 6.45) is 3.50. The van der Waals surface area contributed by atoms with Crippen LogP contribution >= 0.6 is 0 Å². The van der Waals surface area contributed by atoms with E-state index >= 15 is 0 Å². The number of amides is 1. The van der Waals surface area contributed by atoms with E-state index in [1.165, 1.54) is 17.0 Å². The van der Waals surface area contributed by atoms with Crippen molar-refractivity contribution in [1.29, 1.82) is 0 Å². The van der Waals surface area contributed by atoms with Gasteiger partial charge in [0.2, 0.25) is 5.91 Å². The Morgan fingerprint density at radius 3 is 2.77 bits per heavy atom. The van der Waals surface area contributed by atoms with Crippen LogP contribution in [0.5, 0.6) is 0 Å². The maximum atomic E-state index is 12.3. The van der Waals surface area contributed by atoms with Crippen LogP contribution in [0.3, 0.4) is 0 Å². The summed E-state index contributed by atoms with van der Waals surface area (Å²) in [6.45, 7) is 12.0. The van der Waals surface area contributed by atoms with Crippen LogP contribution in [-0.4, -0.2) is 52.0 Å². The van der Waals surface area contributed by atoms with Crippen molar-refractivity contribution in [2.45, 2.75) is 66.2 Å². The van der Waals surface area contributed by atoms with Gasteiger partial charge in [-0.1, -0.05) is 5.16 Å². The number of carbonyl (C=O) groups is 1. The summed E-state index contributed by atoms with van der Waals surface area (Å²) in [5.41, 5.74) is 5.54. The Bertz CT molecular complexity index is 860. The smallest absolute Gasteiger partial charge is 0.224 e. The van der Waals surface area contributed by atoms with E-state index in [1.807, 2.05) is 13.8 Å². The molecule has 164 valence electrons. The van der Waals surface area contributed by atoms with Gasteiger partial charge < -0.3 is 14.6 Å². The second-order valence-corrected chi connectivity index (χ2v) is 8.49. The van der Waals surface area contributed by atoms with Gasteiger partial charge in [-0.25, -0.2) is 0 Å². The zero-order chi connectivity index (χ0) is 21.1. The first-order valence-electron chi connectivity index (χ1n) is 11.1. The molecule has 0 atom stereocenters. The minimum Gasteiger partial charge on any atom is -0.376 e. The van der Waals surface area contributed by atoms with Crippen molar-refractivity contribution < 1.29 is 14.1 Å². The molecule has 2 aromatic heterocycles. The van der Waals surface area contributed by atoms with E-state index in [2.05, 4.69) is 27.0 Å². The molecule has 2 aliphatic heterocycles. The molecule has 0 aromatic carbocycles. The average molecular weight is 416 g/mol. The summed E-state index contributed by atoms with van der Waals surface area (Å²) in [5, 5.41) is 11.9. The van der Waals surface area contributed by atoms with Crippen LogP contribution in [0.15, 0.2) is 4.52 Å². The number of aryl methyl sites for hydroxylation is 3. The highest BCUT2D eigenvalue weighted by molar-refractivity contribution is 5.78. The quantitative estimate of drug-likeness (QED) is 0.746. The highest BCUT2D eigenvalue weighted by Crippen LogP contribution is 2.24. The van der Waals surface area contributed by atoms with Crippen LogP contribution in [0.25, 0.3) is 0 Å². The van der Waals surface area contributed by atoms with E-state index in [0.29, 0.717) is 18.9 Å². The third-order valence-corrected chi connectivity index (χ3v) is 6.47. The Balaban J connectivity index is 1.24. The van der Waals surface area contributed by atoms with Gasteiger partial charge in [-0.15, -0.1) is 0 Å². The molecule has 30 heavy (non-hydrogen) atoms. The Hall–Kier alpha value is -2.19. The lowest BCUT2D eigenvalue weighted by molar-refractivity contribution is -0.120. The van der Waals surface area contributed by atoms with Gasteiger partial charge in [-0.05, 0) is 52.6 Å². The number of ether oxygens (including phenoxy) is 1. The van der Waals surface area contributed by atoms with Gasteiger partial charge in [-0.3, -0.25) is 14.4 Å². The predicted molar refractivity (Wildman–Crippen MR) is 112 cm³/mol. The molecular formula is C22H33N5O3. The second kappa shape index (κ2) is 9.31. The number of likely N-dealkylation sites (tertiary alicyclic amines) is 1. The van der Waals surface area contributed by atoms with Crippen molar-refractivity contribution in [2.75, 3.05) is 26.2 Å². The minimum absolute atomic E-state index is 0.0450. The predicted octanol–water partition coefficient (Wildman–Crippen LogP) is 2.15. The fraction of sp³-hybridized carbons (Fsp3) is 0.682. The average Bonchev–Trinajstić information content (AvgIpc) is 3.28. The lowest BCUT2D eigenvalue weighted by Crippen LogP contribution is -2.39. The summed E-state index contributed by atoms with van der Waals surface area (Å²) >= 11 is 0. The maximum Gasteiger partial charge on any atom is 0.224 e. The fourth-order valence-corrected chi connectivity index (χ4v) is 4.56. The summed E-state index contributed by atoms with van der Waals surface area (Å²) in [4.78, 5) is 14.8. The highest BCUT2D eigenvalue weighted by Gasteiger charge is 2.25. The summed E-state index contributed by atoms with van der Waals surface area (Å²) in [7, 11) is 0. The standard InChI is InChI=1S/C22H33N5O3/c1-4-27-21-7-10-29-14-19(21)20(24-27)13-26-8-5-17(6-9-26)12-23-22(28)11-18-15(2)25-30-16(18)3/h17H,4-14H2,1-3H3,(H,23,28). The molecule has 0 unspecified atom stereocenters. The van der Waals surface area contributed by atoms with E-state index in [0.717, 1.165) is 75.6 Å². The number of fused-ring (bicyclic) bond motifs is 1. The van der Waals surface area contributed by atoms with Crippen molar-refractivity contribution >= 4 is 5.91 Å². The maximum absolute atomic E-state index is 12.3. The summed E-state index contributed by atoms with van der Waals surface area (Å²) in [6, 6.07) is 0. The molecule has 1 fully saturated rings. The van der Waals surface area contributed by atoms with Crippen LogP contribution in [0.4, 0.5) is 0 Å². The van der Waals surface area contributed by atoms with Crippen LogP contribution in [0.2, 0.25) is 0 Å². The molecule has 0 saturated carbocycles. The third-order valence-electron chi connectivity index (χ3n) is 6.47. The number of hydrogen-bond acceptors (Lipinski definition) is 6. The Labute approximate surface area is 177 Å². The van der Waals surface area contributed by atoms with Gasteiger partial charge in [0.15, 0.2) is 0 Å². The molecule has 0 bridgehead atoms. The number of aromatic nitrogens is 3. The Morgan fingerprint density at radius 2 is 2.07 bits per heavy atom. The lowest BCUT2D eigenvalue weighted by atomic mass is 9.96. The van der Waals surface area contributed by atoms with Crippen LogP contribution < -0.4 is 5.32 Å². The molecule has 8 nitrogen and oxygen atoms in total. The molecule has 2 aromatic rings. The highest BCUT2D eigenvalue weighted by atomic mass is 16.5. The van der Waals surface area contributed by atoms with Gasteiger partial charge in [-0.2, -0.15) is 5.10 Å². The van der Waals surface area contributed by atoms with Crippen LogP contribution in [0, 0.1) is 19.8 Å². The zero-order valence-corrected chi connectivity index (χ0v) is 18.4. The molecule has 8 heteroatoms. The van der Waals surface area contributed by atoms with Crippen molar-refractivity contribution in [3.63, 3.8) is 0 Å². The number of hydrogen-bond donors (Lipinski definition) is 1. The van der Waals surface area contributed by atoms with Crippen molar-refractivity contribution in [2.24, 2.45) is 5.92 Å². The number of piperidine rings is 1. The molecule has 1 saturated heterocycles. The van der Waals surface area contributed by atoms with E-state index in [9.17, 15) is 4.79 Å². The third kappa shape index (κ3) is 4.59. The number of rotatable bonds is 7. The van der Waals surface area contributed by atoms with Crippen molar-refractivity contribution in [1.82, 2.24) is 25.2 Å². The van der Waals surface area contributed by atoms with Crippen LogP contribution in [-0.2, 0) is 42.1 Å². The molecule has 1 amide bonds. The van der Waals surface area contributed by atoms with Crippen molar-refractivity contribution in [3.05, 3.63) is 34.0 Å². The normalized spacial score (nSPS) is 17.8. The van der Waals surface area contributed by atoms with Gasteiger partial charge >= 0.3 is 0 Å². The van der Waals surface area contributed by atoms with E-state index < -0.39 is 0 Å². The number of nitrogens with zero attached hydrogens (tertiary/aromatic N) is 4. The molecular weight excluding hydrogens is 382 g/mol. The monoisotopic (exact) mass is 415 g/mol. The van der Waals surface area contributed by atoms with Gasteiger partial charge in [0.05, 0.1) is 31.0 Å². The first kappa shape index (κ1) is 21.1. The molecule has 0 radical (unpaired) electrons. The zero-order valence-electron chi connectivity index (χ0n) is 18.4. The molecule has 4 rings (SSSR count). The molecule has 0 spiro atoms. The molecule has 1 N–H and O–H groups in total. The number of carbonyl (C=O) groups excluding carboxylic acids is 1. The lowest BCUT2D eigenvalue weighted by Gasteiger charge is -2.31. The molecule has 2 aliphatic rings.